The lowest BCUT2D eigenvalue weighted by atomic mass is 9.87. The third kappa shape index (κ3) is 3.56. The number of carbonyl (C=O) groups excluding carboxylic acids is 1. The zero-order chi connectivity index (χ0) is 22.2. The van der Waals surface area contributed by atoms with Crippen molar-refractivity contribution < 1.29 is 9.18 Å². The fraction of sp³-hybridized carbons (Fsp3) is 0.200. The van der Waals surface area contributed by atoms with Gasteiger partial charge in [0.15, 0.2) is 11.6 Å². The number of ketones is 1. The van der Waals surface area contributed by atoms with Gasteiger partial charge in [0.1, 0.15) is 23.0 Å². The minimum absolute atomic E-state index is 0.109. The molecule has 5 rings (SSSR count). The molecule has 2 aromatic heterocycles. The van der Waals surface area contributed by atoms with Gasteiger partial charge >= 0.3 is 0 Å². The number of Topliss-reactive ketones (excluding diaryl/α,β-unsaturated/α-hetero) is 1. The Balaban J connectivity index is 1.72. The number of carbonyl (C=O) groups is 1. The molecule has 2 N–H and O–H groups in total. The van der Waals surface area contributed by atoms with Crippen LogP contribution >= 0.6 is 0 Å². The Kier molecular flexibility index (Phi) is 5.01. The van der Waals surface area contributed by atoms with Crippen molar-refractivity contribution in [1.29, 1.82) is 0 Å². The minimum Gasteiger partial charge on any atom is -0.383 e. The van der Waals surface area contributed by atoms with Crippen molar-refractivity contribution in [2.75, 3.05) is 12.3 Å². The first-order valence-electron chi connectivity index (χ1n) is 10.6. The number of hydrogen-bond donors (Lipinski definition) is 1. The largest absolute Gasteiger partial charge is 0.383 e. The van der Waals surface area contributed by atoms with Gasteiger partial charge in [-0.25, -0.2) is 14.4 Å². The van der Waals surface area contributed by atoms with E-state index in [0.29, 0.717) is 47.2 Å². The summed E-state index contributed by atoms with van der Waals surface area (Å²) in [5.41, 5.74) is 10.4. The van der Waals surface area contributed by atoms with Crippen LogP contribution in [0, 0.1) is 11.7 Å². The molecule has 0 amide bonds. The molecular weight excluding hydrogens is 405 g/mol. The summed E-state index contributed by atoms with van der Waals surface area (Å²) in [5, 5.41) is 0. The topological polar surface area (TPSA) is 86.2 Å². The maximum absolute atomic E-state index is 14.1. The van der Waals surface area contributed by atoms with Gasteiger partial charge in [0.2, 0.25) is 0 Å². The molecule has 1 aromatic carbocycles. The molecule has 1 unspecified atom stereocenters. The molecule has 0 saturated carbocycles. The number of imidazole rings is 1. The second-order valence-electron chi connectivity index (χ2n) is 8.16. The number of anilines is 1. The zero-order valence-electron chi connectivity index (χ0n) is 17.6. The SMILES string of the molecule is CC1CC(=O)c2ccc(-c3nc(C4=CC=CCN=C4)c(N)n3-c3cccc(F)c3)nc2C1. The van der Waals surface area contributed by atoms with Crippen molar-refractivity contribution in [3.63, 3.8) is 0 Å². The van der Waals surface area contributed by atoms with Crippen LogP contribution in [-0.4, -0.2) is 33.1 Å². The molecule has 6 nitrogen and oxygen atoms in total. The Hall–Kier alpha value is -3.87. The number of benzene rings is 1. The Labute approximate surface area is 185 Å². The van der Waals surface area contributed by atoms with Crippen molar-refractivity contribution in [2.45, 2.75) is 19.8 Å². The quantitative estimate of drug-likeness (QED) is 0.669. The number of pyridine rings is 1. The van der Waals surface area contributed by atoms with Crippen molar-refractivity contribution in [2.24, 2.45) is 10.9 Å². The Bertz CT molecular complexity index is 1320. The number of allylic oxidation sites excluding steroid dienone is 3. The van der Waals surface area contributed by atoms with Crippen LogP contribution in [0.1, 0.15) is 35.1 Å². The summed E-state index contributed by atoms with van der Waals surface area (Å²) in [6, 6.07) is 9.78. The second kappa shape index (κ2) is 8.00. The van der Waals surface area contributed by atoms with Gasteiger partial charge in [-0.3, -0.25) is 14.4 Å². The van der Waals surface area contributed by atoms with E-state index >= 15 is 0 Å². The standard InChI is InChI=1S/C25H22FN5O/c1-15-11-21-19(22(32)12-15)8-9-20(29-21)25-30-23(16-5-2-3-10-28-14-16)24(27)31(25)18-7-4-6-17(26)13-18/h2-9,13-15H,10-12,27H2,1H3. The highest BCUT2D eigenvalue weighted by atomic mass is 19.1. The van der Waals surface area contributed by atoms with Gasteiger partial charge in [-0.2, -0.15) is 0 Å². The average molecular weight is 427 g/mol. The predicted octanol–water partition coefficient (Wildman–Crippen LogP) is 4.44. The number of nitrogens with two attached hydrogens (primary N) is 1. The molecule has 0 bridgehead atoms. The first-order valence-corrected chi connectivity index (χ1v) is 10.6. The lowest BCUT2D eigenvalue weighted by molar-refractivity contribution is 0.0952. The summed E-state index contributed by atoms with van der Waals surface area (Å²) in [6.07, 6.45) is 8.74. The number of rotatable bonds is 3. The fourth-order valence-electron chi connectivity index (χ4n) is 4.19. The monoisotopic (exact) mass is 427 g/mol. The van der Waals surface area contributed by atoms with Crippen LogP contribution in [0.4, 0.5) is 10.2 Å². The van der Waals surface area contributed by atoms with Crippen LogP contribution in [0.15, 0.2) is 59.6 Å². The van der Waals surface area contributed by atoms with Gasteiger partial charge in [0.05, 0.1) is 17.9 Å². The lowest BCUT2D eigenvalue weighted by Crippen LogP contribution is -2.19. The molecular formula is C25H22FN5O. The molecule has 1 aliphatic heterocycles. The zero-order valence-corrected chi connectivity index (χ0v) is 17.6. The third-order valence-corrected chi connectivity index (χ3v) is 5.69. The smallest absolute Gasteiger partial charge is 0.165 e. The maximum Gasteiger partial charge on any atom is 0.165 e. The molecule has 3 aromatic rings. The van der Waals surface area contributed by atoms with Crippen LogP contribution in [0.25, 0.3) is 22.8 Å². The van der Waals surface area contributed by atoms with Crippen molar-refractivity contribution in [3.05, 3.63) is 77.4 Å². The summed E-state index contributed by atoms with van der Waals surface area (Å²) in [4.78, 5) is 26.4. The number of hydrogen-bond acceptors (Lipinski definition) is 5. The van der Waals surface area contributed by atoms with Gasteiger partial charge in [-0.1, -0.05) is 31.2 Å². The predicted molar refractivity (Wildman–Crippen MR) is 123 cm³/mol. The Morgan fingerprint density at radius 1 is 1.16 bits per heavy atom. The van der Waals surface area contributed by atoms with Crippen molar-refractivity contribution in [1.82, 2.24) is 14.5 Å². The van der Waals surface area contributed by atoms with Crippen molar-refractivity contribution >= 4 is 23.4 Å². The van der Waals surface area contributed by atoms with E-state index in [9.17, 15) is 9.18 Å². The molecule has 1 aliphatic carbocycles. The minimum atomic E-state index is -0.376. The lowest BCUT2D eigenvalue weighted by Gasteiger charge is -2.20. The van der Waals surface area contributed by atoms with E-state index < -0.39 is 0 Å². The van der Waals surface area contributed by atoms with E-state index in [4.69, 9.17) is 15.7 Å². The Morgan fingerprint density at radius 3 is 2.88 bits per heavy atom. The molecule has 7 heteroatoms. The van der Waals surface area contributed by atoms with Gasteiger partial charge in [-0.15, -0.1) is 0 Å². The summed E-state index contributed by atoms with van der Waals surface area (Å²) in [5.74, 6) is 0.819. The fourth-order valence-corrected chi connectivity index (χ4v) is 4.19. The summed E-state index contributed by atoms with van der Waals surface area (Å²) in [7, 11) is 0. The van der Waals surface area contributed by atoms with E-state index in [-0.39, 0.29) is 17.5 Å². The van der Waals surface area contributed by atoms with Crippen molar-refractivity contribution in [3.8, 4) is 17.2 Å². The van der Waals surface area contributed by atoms with E-state index in [2.05, 4.69) is 4.99 Å². The highest BCUT2D eigenvalue weighted by molar-refractivity contribution is 6.11. The average Bonchev–Trinajstić information content (AvgIpc) is 2.93. The number of nitrogens with zero attached hydrogens (tertiary/aromatic N) is 4. The number of halogens is 1. The molecule has 0 fully saturated rings. The normalized spacial score (nSPS) is 17.8. The van der Waals surface area contributed by atoms with Gasteiger partial charge in [0, 0.05) is 23.8 Å². The second-order valence-corrected chi connectivity index (χ2v) is 8.16. The number of aromatic nitrogens is 3. The highest BCUT2D eigenvalue weighted by Gasteiger charge is 2.26. The molecule has 0 spiro atoms. The molecule has 0 radical (unpaired) electrons. The number of nitrogen functional groups attached to an aromatic ring is 1. The van der Waals surface area contributed by atoms with E-state index in [0.717, 1.165) is 17.7 Å². The number of fused-ring (bicyclic) bond motifs is 1. The van der Waals surface area contributed by atoms with E-state index in [1.54, 1.807) is 35.0 Å². The van der Waals surface area contributed by atoms with Crippen LogP contribution in [0.2, 0.25) is 0 Å². The first kappa shape index (κ1) is 20.1. The van der Waals surface area contributed by atoms with Gasteiger partial charge in [0.25, 0.3) is 0 Å². The highest BCUT2D eigenvalue weighted by Crippen LogP contribution is 2.33. The molecule has 32 heavy (non-hydrogen) atoms. The maximum atomic E-state index is 14.1. The summed E-state index contributed by atoms with van der Waals surface area (Å²) < 4.78 is 15.8. The van der Waals surface area contributed by atoms with E-state index in [1.807, 2.05) is 25.2 Å². The Morgan fingerprint density at radius 2 is 2.03 bits per heavy atom. The molecule has 3 heterocycles. The molecule has 2 aliphatic rings. The van der Waals surface area contributed by atoms with Crippen LogP contribution in [0.3, 0.4) is 0 Å². The molecule has 1 atom stereocenters. The first-order chi connectivity index (χ1) is 15.5. The van der Waals surface area contributed by atoms with E-state index in [1.165, 1.54) is 12.1 Å². The number of aliphatic imine (C=N–C) groups is 1. The molecule has 160 valence electrons. The summed E-state index contributed by atoms with van der Waals surface area (Å²) in [6.45, 7) is 2.63. The van der Waals surface area contributed by atoms with Crippen LogP contribution in [-0.2, 0) is 6.42 Å². The summed E-state index contributed by atoms with van der Waals surface area (Å²) >= 11 is 0. The van der Waals surface area contributed by atoms with Crippen LogP contribution < -0.4 is 5.73 Å². The van der Waals surface area contributed by atoms with Gasteiger partial charge < -0.3 is 5.73 Å². The third-order valence-electron chi connectivity index (χ3n) is 5.69. The van der Waals surface area contributed by atoms with Gasteiger partial charge in [-0.05, 0) is 42.7 Å². The molecule has 0 saturated heterocycles. The van der Waals surface area contributed by atoms with Crippen LogP contribution in [0.5, 0.6) is 0 Å².